The summed E-state index contributed by atoms with van der Waals surface area (Å²) in [6.45, 7) is 1.44. The van der Waals surface area contributed by atoms with Gasteiger partial charge < -0.3 is 10.4 Å². The lowest BCUT2D eigenvalue weighted by Gasteiger charge is -2.00. The Kier molecular flexibility index (Phi) is 3.98. The van der Waals surface area contributed by atoms with E-state index in [4.69, 9.17) is 5.11 Å². The number of nitrogens with one attached hydrogen (secondary N) is 1. The van der Waals surface area contributed by atoms with Gasteiger partial charge in [-0.25, -0.2) is 0 Å². The molecule has 2 N–H and O–H groups in total. The summed E-state index contributed by atoms with van der Waals surface area (Å²) in [6, 6.07) is 4.12. The predicted octanol–water partition coefficient (Wildman–Crippen LogP) is 2.31. The van der Waals surface area contributed by atoms with Gasteiger partial charge in [0.25, 0.3) is 0 Å². The van der Waals surface area contributed by atoms with E-state index in [1.807, 2.05) is 12.3 Å². The molecule has 0 amide bonds. The molecule has 0 atom stereocenters. The molecule has 2 aromatic rings. The summed E-state index contributed by atoms with van der Waals surface area (Å²) in [5.41, 5.74) is 0.970. The van der Waals surface area contributed by atoms with E-state index < -0.39 is 0 Å². The zero-order valence-corrected chi connectivity index (χ0v) is 11.0. The van der Waals surface area contributed by atoms with Crippen molar-refractivity contribution in [3.8, 4) is 0 Å². The second kappa shape index (κ2) is 5.47. The number of halogens is 1. The number of anilines is 1. The Balaban J connectivity index is 1.89. The summed E-state index contributed by atoms with van der Waals surface area (Å²) in [4.78, 5) is 1.27. The van der Waals surface area contributed by atoms with Crippen LogP contribution in [-0.2, 0) is 13.1 Å². The Hall–Kier alpha value is -0.850. The van der Waals surface area contributed by atoms with Crippen molar-refractivity contribution in [3.63, 3.8) is 0 Å². The highest BCUT2D eigenvalue weighted by Gasteiger charge is 2.00. The number of nitrogens with zero attached hydrogens (tertiary/aromatic N) is 2. The number of rotatable bonds is 5. The number of hydrogen-bond donors (Lipinski definition) is 2. The standard InChI is InChI=1S/C10H12BrN3OS/c11-10-2-1-9(16-10)6-12-8-5-13-14(7-8)3-4-15/h1-2,5,7,12,15H,3-4,6H2. The molecule has 86 valence electrons. The molecule has 0 aliphatic heterocycles. The lowest BCUT2D eigenvalue weighted by atomic mass is 10.4. The Labute approximate surface area is 106 Å². The van der Waals surface area contributed by atoms with E-state index in [1.165, 1.54) is 4.88 Å². The first-order valence-electron chi connectivity index (χ1n) is 4.89. The Morgan fingerprint density at radius 3 is 3.06 bits per heavy atom. The summed E-state index contributed by atoms with van der Waals surface area (Å²) in [5.74, 6) is 0. The van der Waals surface area contributed by atoms with Crippen molar-refractivity contribution in [1.29, 1.82) is 0 Å². The monoisotopic (exact) mass is 301 g/mol. The minimum absolute atomic E-state index is 0.110. The second-order valence-electron chi connectivity index (χ2n) is 3.28. The van der Waals surface area contributed by atoms with Crippen LogP contribution in [-0.4, -0.2) is 21.5 Å². The number of aliphatic hydroxyl groups excluding tert-OH is 1. The molecule has 2 heterocycles. The first-order chi connectivity index (χ1) is 7.78. The van der Waals surface area contributed by atoms with Gasteiger partial charge in [-0.1, -0.05) is 0 Å². The molecule has 0 saturated heterocycles. The van der Waals surface area contributed by atoms with Gasteiger partial charge in [-0.2, -0.15) is 5.10 Å². The molecular weight excluding hydrogens is 290 g/mol. The van der Waals surface area contributed by atoms with E-state index in [0.29, 0.717) is 6.54 Å². The fraction of sp³-hybridized carbons (Fsp3) is 0.300. The first kappa shape index (κ1) is 11.6. The van der Waals surface area contributed by atoms with Crippen LogP contribution in [0.25, 0.3) is 0 Å². The zero-order valence-electron chi connectivity index (χ0n) is 8.56. The van der Waals surface area contributed by atoms with Crippen LogP contribution in [0.4, 0.5) is 5.69 Å². The van der Waals surface area contributed by atoms with Gasteiger partial charge in [-0.05, 0) is 28.1 Å². The Bertz CT molecular complexity index is 454. The molecule has 2 rings (SSSR count). The van der Waals surface area contributed by atoms with E-state index in [9.17, 15) is 0 Å². The summed E-state index contributed by atoms with van der Waals surface area (Å²) in [7, 11) is 0. The molecule has 4 nitrogen and oxygen atoms in total. The normalized spacial score (nSPS) is 10.6. The van der Waals surface area contributed by atoms with E-state index in [2.05, 4.69) is 32.4 Å². The lowest BCUT2D eigenvalue weighted by molar-refractivity contribution is 0.269. The molecule has 2 aromatic heterocycles. The third kappa shape index (κ3) is 3.07. The highest BCUT2D eigenvalue weighted by Crippen LogP contribution is 2.22. The highest BCUT2D eigenvalue weighted by atomic mass is 79.9. The molecule has 0 aliphatic rings. The summed E-state index contributed by atoms with van der Waals surface area (Å²) in [5, 5.41) is 16.1. The molecule has 6 heteroatoms. The van der Waals surface area contributed by atoms with Gasteiger partial charge in [-0.3, -0.25) is 4.68 Å². The van der Waals surface area contributed by atoms with Gasteiger partial charge in [0, 0.05) is 17.6 Å². The number of aliphatic hydroxyl groups is 1. The predicted molar refractivity (Wildman–Crippen MR) is 68.7 cm³/mol. The van der Waals surface area contributed by atoms with Gasteiger partial charge in [0.05, 0.1) is 28.8 Å². The topological polar surface area (TPSA) is 50.1 Å². The van der Waals surface area contributed by atoms with Gasteiger partial charge in [0.15, 0.2) is 0 Å². The largest absolute Gasteiger partial charge is 0.394 e. The van der Waals surface area contributed by atoms with Crippen LogP contribution in [0.15, 0.2) is 28.3 Å². The maximum atomic E-state index is 8.75. The van der Waals surface area contributed by atoms with Crippen LogP contribution in [0.5, 0.6) is 0 Å². The van der Waals surface area contributed by atoms with Crippen LogP contribution in [0.1, 0.15) is 4.88 Å². The molecule has 0 fully saturated rings. The van der Waals surface area contributed by atoms with Crippen molar-refractivity contribution in [1.82, 2.24) is 9.78 Å². The van der Waals surface area contributed by atoms with E-state index in [1.54, 1.807) is 22.2 Å². The van der Waals surface area contributed by atoms with Crippen LogP contribution in [0.3, 0.4) is 0 Å². The van der Waals surface area contributed by atoms with Crippen LogP contribution >= 0.6 is 27.3 Å². The molecule has 0 aliphatic carbocycles. The minimum atomic E-state index is 0.110. The van der Waals surface area contributed by atoms with Crippen molar-refractivity contribution in [2.24, 2.45) is 0 Å². The maximum absolute atomic E-state index is 8.75. The maximum Gasteiger partial charge on any atom is 0.0729 e. The molecule has 16 heavy (non-hydrogen) atoms. The Morgan fingerprint density at radius 1 is 1.50 bits per heavy atom. The number of aromatic nitrogens is 2. The summed E-state index contributed by atoms with van der Waals surface area (Å²) >= 11 is 5.14. The van der Waals surface area contributed by atoms with E-state index in [0.717, 1.165) is 16.0 Å². The fourth-order valence-electron chi connectivity index (χ4n) is 1.32. The molecule has 0 unspecified atom stereocenters. The quantitative estimate of drug-likeness (QED) is 0.891. The van der Waals surface area contributed by atoms with Crippen molar-refractivity contribution < 1.29 is 5.11 Å². The SMILES string of the molecule is OCCn1cc(NCc2ccc(Br)s2)cn1. The van der Waals surface area contributed by atoms with Crippen LogP contribution in [0.2, 0.25) is 0 Å². The summed E-state index contributed by atoms with van der Waals surface area (Å²) < 4.78 is 2.85. The molecule has 0 saturated carbocycles. The highest BCUT2D eigenvalue weighted by molar-refractivity contribution is 9.11. The summed E-state index contributed by atoms with van der Waals surface area (Å²) in [6.07, 6.45) is 3.65. The average molecular weight is 302 g/mol. The lowest BCUT2D eigenvalue weighted by Crippen LogP contribution is -2.01. The van der Waals surface area contributed by atoms with Crippen molar-refractivity contribution >= 4 is 33.0 Å². The smallest absolute Gasteiger partial charge is 0.0729 e. The van der Waals surface area contributed by atoms with Crippen molar-refractivity contribution in [3.05, 3.63) is 33.2 Å². The fourth-order valence-corrected chi connectivity index (χ4v) is 2.74. The average Bonchev–Trinajstić information content (AvgIpc) is 2.85. The minimum Gasteiger partial charge on any atom is -0.394 e. The van der Waals surface area contributed by atoms with Gasteiger partial charge >= 0.3 is 0 Å². The third-order valence-corrected chi connectivity index (χ3v) is 3.68. The molecule has 0 aromatic carbocycles. The molecule has 0 spiro atoms. The van der Waals surface area contributed by atoms with Crippen molar-refractivity contribution in [2.45, 2.75) is 13.1 Å². The zero-order chi connectivity index (χ0) is 11.4. The van der Waals surface area contributed by atoms with Crippen molar-refractivity contribution in [2.75, 3.05) is 11.9 Å². The van der Waals surface area contributed by atoms with Crippen LogP contribution < -0.4 is 5.32 Å². The van der Waals surface area contributed by atoms with E-state index >= 15 is 0 Å². The van der Waals surface area contributed by atoms with Gasteiger partial charge in [0.2, 0.25) is 0 Å². The van der Waals surface area contributed by atoms with Gasteiger partial charge in [-0.15, -0.1) is 11.3 Å². The van der Waals surface area contributed by atoms with Gasteiger partial charge in [0.1, 0.15) is 0 Å². The Morgan fingerprint density at radius 2 is 2.38 bits per heavy atom. The number of thiophene rings is 1. The van der Waals surface area contributed by atoms with Crippen LogP contribution in [0, 0.1) is 0 Å². The first-order valence-corrected chi connectivity index (χ1v) is 6.50. The number of hydrogen-bond acceptors (Lipinski definition) is 4. The third-order valence-electron chi connectivity index (χ3n) is 2.06. The molecule has 0 radical (unpaired) electrons. The molecule has 0 bridgehead atoms. The molecular formula is C10H12BrN3OS. The van der Waals surface area contributed by atoms with E-state index in [-0.39, 0.29) is 6.61 Å². The second-order valence-corrected chi connectivity index (χ2v) is 5.82.